The molecule has 0 saturated carbocycles. The van der Waals surface area contributed by atoms with Crippen LogP contribution in [0.3, 0.4) is 0 Å². The lowest BCUT2D eigenvalue weighted by atomic mass is 10.1. The van der Waals surface area contributed by atoms with Crippen molar-refractivity contribution in [2.24, 2.45) is 0 Å². The number of hydrogen-bond acceptors (Lipinski definition) is 4. The van der Waals surface area contributed by atoms with Crippen molar-refractivity contribution in [1.29, 1.82) is 0 Å². The Bertz CT molecular complexity index is 886. The molecule has 2 N–H and O–H groups in total. The molecule has 7 nitrogen and oxygen atoms in total. The second kappa shape index (κ2) is 7.85. The zero-order chi connectivity index (χ0) is 20.4. The molecule has 2 aromatic carbocycles. The topological polar surface area (TPSA) is 79.9 Å². The van der Waals surface area contributed by atoms with Gasteiger partial charge in [0.25, 0.3) is 5.91 Å². The maximum atomic E-state index is 12.5. The fraction of sp³-hybridized carbons (Fsp3) is 0.364. The molecule has 0 unspecified atom stereocenters. The summed E-state index contributed by atoms with van der Waals surface area (Å²) in [5, 5.41) is 5.74. The van der Waals surface area contributed by atoms with E-state index < -0.39 is 5.79 Å². The highest BCUT2D eigenvalue weighted by Gasteiger charge is 2.32. The van der Waals surface area contributed by atoms with Gasteiger partial charge in [0.05, 0.1) is 6.61 Å². The third kappa shape index (κ3) is 4.58. The predicted octanol–water partition coefficient (Wildman–Crippen LogP) is 3.12. The number of fused-ring (bicyclic) bond motifs is 1. The Labute approximate surface area is 170 Å². The van der Waals surface area contributed by atoms with Crippen LogP contribution in [0, 0.1) is 0 Å². The van der Waals surface area contributed by atoms with Crippen molar-refractivity contribution in [2.45, 2.75) is 38.8 Å². The molecule has 0 aliphatic carbocycles. The number of carbonyl (C=O) groups excluding carboxylic acids is 2. The average Bonchev–Trinajstić information content (AvgIpc) is 3.29. The molecule has 0 bridgehead atoms. The molecule has 1 saturated heterocycles. The van der Waals surface area contributed by atoms with E-state index in [0.29, 0.717) is 37.5 Å². The summed E-state index contributed by atoms with van der Waals surface area (Å²) >= 11 is 0. The van der Waals surface area contributed by atoms with Gasteiger partial charge in [0.2, 0.25) is 0 Å². The van der Waals surface area contributed by atoms with Gasteiger partial charge in [-0.1, -0.05) is 24.3 Å². The molecule has 4 rings (SSSR count). The highest BCUT2D eigenvalue weighted by Crippen LogP contribution is 2.23. The third-order valence-electron chi connectivity index (χ3n) is 5.08. The van der Waals surface area contributed by atoms with Crippen LogP contribution in [-0.4, -0.2) is 41.9 Å². The standard InChI is InChI=1S/C22H25N3O4/c1-22(2)28-14-19(29-22)11-23-20(26)15-7-9-18(10-8-15)24-21(27)25-12-16-5-3-4-6-17(16)13-25/h3-10,19H,11-14H2,1-2H3,(H,23,26)(H,24,27)/t19-/m1/s1. The number of anilines is 1. The fourth-order valence-corrected chi connectivity index (χ4v) is 3.56. The summed E-state index contributed by atoms with van der Waals surface area (Å²) in [6.07, 6.45) is -0.155. The van der Waals surface area contributed by atoms with E-state index in [1.807, 2.05) is 38.1 Å². The number of nitrogens with one attached hydrogen (secondary N) is 2. The van der Waals surface area contributed by atoms with Crippen LogP contribution < -0.4 is 10.6 Å². The average molecular weight is 395 g/mol. The van der Waals surface area contributed by atoms with E-state index >= 15 is 0 Å². The van der Waals surface area contributed by atoms with Crippen LogP contribution in [0.2, 0.25) is 0 Å². The Morgan fingerprint density at radius 1 is 1.07 bits per heavy atom. The fourth-order valence-electron chi connectivity index (χ4n) is 3.56. The molecule has 2 heterocycles. The van der Waals surface area contributed by atoms with E-state index in [4.69, 9.17) is 9.47 Å². The summed E-state index contributed by atoms with van der Waals surface area (Å²) in [5.41, 5.74) is 3.52. The van der Waals surface area contributed by atoms with E-state index in [1.165, 1.54) is 11.1 Å². The number of amides is 3. The van der Waals surface area contributed by atoms with Crippen LogP contribution in [-0.2, 0) is 22.6 Å². The Balaban J connectivity index is 1.28. The molecule has 1 fully saturated rings. The van der Waals surface area contributed by atoms with Crippen LogP contribution in [0.1, 0.15) is 35.3 Å². The van der Waals surface area contributed by atoms with E-state index in [0.717, 1.165) is 0 Å². The summed E-state index contributed by atoms with van der Waals surface area (Å²) in [4.78, 5) is 26.6. The van der Waals surface area contributed by atoms with Gasteiger partial charge in [-0.3, -0.25) is 4.79 Å². The lowest BCUT2D eigenvalue weighted by Crippen LogP contribution is -2.34. The van der Waals surface area contributed by atoms with Gasteiger partial charge < -0.3 is 25.0 Å². The number of hydrogen-bond donors (Lipinski definition) is 2. The van der Waals surface area contributed by atoms with Gasteiger partial charge in [0.15, 0.2) is 5.79 Å². The van der Waals surface area contributed by atoms with Crippen molar-refractivity contribution in [3.05, 3.63) is 65.2 Å². The molecule has 1 atom stereocenters. The van der Waals surface area contributed by atoms with Gasteiger partial charge in [-0.2, -0.15) is 0 Å². The van der Waals surface area contributed by atoms with Crippen LogP contribution in [0.25, 0.3) is 0 Å². The zero-order valence-corrected chi connectivity index (χ0v) is 16.6. The van der Waals surface area contributed by atoms with E-state index in [1.54, 1.807) is 29.2 Å². The minimum atomic E-state index is -0.605. The molecule has 0 radical (unpaired) electrons. The van der Waals surface area contributed by atoms with Crippen LogP contribution in [0.4, 0.5) is 10.5 Å². The first-order chi connectivity index (χ1) is 13.9. The van der Waals surface area contributed by atoms with Gasteiger partial charge in [0, 0.05) is 30.9 Å². The Hall–Kier alpha value is -2.90. The van der Waals surface area contributed by atoms with Crippen molar-refractivity contribution in [2.75, 3.05) is 18.5 Å². The van der Waals surface area contributed by atoms with Gasteiger partial charge in [-0.25, -0.2) is 4.79 Å². The number of ether oxygens (including phenoxy) is 2. The van der Waals surface area contributed by atoms with Gasteiger partial charge in [0.1, 0.15) is 6.10 Å². The lowest BCUT2D eigenvalue weighted by molar-refractivity contribution is -0.137. The second-order valence-electron chi connectivity index (χ2n) is 7.79. The van der Waals surface area contributed by atoms with Crippen molar-refractivity contribution in [3.63, 3.8) is 0 Å². The number of benzene rings is 2. The Morgan fingerprint density at radius 2 is 1.72 bits per heavy atom. The molecule has 2 aliphatic heterocycles. The molecular weight excluding hydrogens is 370 g/mol. The molecule has 29 heavy (non-hydrogen) atoms. The van der Waals surface area contributed by atoms with Crippen molar-refractivity contribution in [1.82, 2.24) is 10.2 Å². The largest absolute Gasteiger partial charge is 0.349 e. The summed E-state index contributed by atoms with van der Waals surface area (Å²) < 4.78 is 11.2. The second-order valence-corrected chi connectivity index (χ2v) is 7.79. The van der Waals surface area contributed by atoms with Gasteiger partial charge >= 0.3 is 6.03 Å². The quantitative estimate of drug-likeness (QED) is 0.834. The van der Waals surface area contributed by atoms with Crippen molar-refractivity contribution in [3.8, 4) is 0 Å². The maximum Gasteiger partial charge on any atom is 0.322 e. The minimum Gasteiger partial charge on any atom is -0.349 e. The van der Waals surface area contributed by atoms with E-state index in [-0.39, 0.29) is 18.0 Å². The molecule has 152 valence electrons. The molecular formula is C22H25N3O4. The molecule has 7 heteroatoms. The first-order valence-electron chi connectivity index (χ1n) is 9.72. The van der Waals surface area contributed by atoms with Crippen LogP contribution in [0.5, 0.6) is 0 Å². The van der Waals surface area contributed by atoms with Gasteiger partial charge in [-0.05, 0) is 49.2 Å². The molecule has 2 aromatic rings. The monoisotopic (exact) mass is 395 g/mol. The number of carbonyl (C=O) groups is 2. The lowest BCUT2D eigenvalue weighted by Gasteiger charge is -2.17. The highest BCUT2D eigenvalue weighted by molar-refractivity contribution is 5.95. The van der Waals surface area contributed by atoms with Crippen LogP contribution in [0.15, 0.2) is 48.5 Å². The van der Waals surface area contributed by atoms with E-state index in [2.05, 4.69) is 10.6 Å². The number of urea groups is 1. The summed E-state index contributed by atoms with van der Waals surface area (Å²) in [7, 11) is 0. The summed E-state index contributed by atoms with van der Waals surface area (Å²) in [6, 6.07) is 14.7. The predicted molar refractivity (Wildman–Crippen MR) is 108 cm³/mol. The number of nitrogens with zero attached hydrogens (tertiary/aromatic N) is 1. The minimum absolute atomic E-state index is 0.153. The Morgan fingerprint density at radius 3 is 2.31 bits per heavy atom. The van der Waals surface area contributed by atoms with Gasteiger partial charge in [-0.15, -0.1) is 0 Å². The molecule has 3 amide bonds. The van der Waals surface area contributed by atoms with Crippen molar-refractivity contribution < 1.29 is 19.1 Å². The summed E-state index contributed by atoms with van der Waals surface area (Å²) in [5.74, 6) is -0.794. The normalized spacial score (nSPS) is 19.7. The van der Waals surface area contributed by atoms with Crippen molar-refractivity contribution >= 4 is 17.6 Å². The zero-order valence-electron chi connectivity index (χ0n) is 16.6. The highest BCUT2D eigenvalue weighted by atomic mass is 16.7. The molecule has 0 aromatic heterocycles. The maximum absolute atomic E-state index is 12.5. The SMILES string of the molecule is CC1(C)OC[C@@H](CNC(=O)c2ccc(NC(=O)N3Cc4ccccc4C3)cc2)O1. The summed E-state index contributed by atoms with van der Waals surface area (Å²) in [6.45, 7) is 5.75. The van der Waals surface area contributed by atoms with E-state index in [9.17, 15) is 9.59 Å². The smallest absolute Gasteiger partial charge is 0.322 e. The third-order valence-corrected chi connectivity index (χ3v) is 5.08. The number of rotatable bonds is 4. The molecule has 0 spiro atoms. The first kappa shape index (κ1) is 19.4. The Kier molecular flexibility index (Phi) is 5.25. The molecule has 2 aliphatic rings. The first-order valence-corrected chi connectivity index (χ1v) is 9.72. The van der Waals surface area contributed by atoms with Crippen LogP contribution >= 0.6 is 0 Å².